The van der Waals surface area contributed by atoms with Gasteiger partial charge in [-0.2, -0.15) is 0 Å². The third kappa shape index (κ3) is 6.22. The number of urea groups is 1. The van der Waals surface area contributed by atoms with E-state index in [-0.39, 0.29) is 29.1 Å². The summed E-state index contributed by atoms with van der Waals surface area (Å²) >= 11 is 6.19. The van der Waals surface area contributed by atoms with E-state index in [4.69, 9.17) is 11.6 Å². The molecule has 1 aromatic carbocycles. The number of hydrogen-bond acceptors (Lipinski definition) is 4. The van der Waals surface area contributed by atoms with E-state index in [1.165, 1.54) is 0 Å². The number of carbonyl (C=O) groups is 3. The van der Waals surface area contributed by atoms with E-state index in [9.17, 15) is 14.4 Å². The second-order valence-corrected chi connectivity index (χ2v) is 7.44. The van der Waals surface area contributed by atoms with Crippen molar-refractivity contribution in [2.45, 2.75) is 51.6 Å². The fourth-order valence-electron chi connectivity index (χ4n) is 2.07. The summed E-state index contributed by atoms with van der Waals surface area (Å²) in [6, 6.07) is 4.54. The molecule has 1 fully saturated rings. The van der Waals surface area contributed by atoms with Crippen LogP contribution in [0.2, 0.25) is 5.02 Å². The Morgan fingerprint density at radius 1 is 1.23 bits per heavy atom. The van der Waals surface area contributed by atoms with Gasteiger partial charge in [-0.3, -0.25) is 14.9 Å². The Hall–Kier alpha value is -2.28. The quantitative estimate of drug-likeness (QED) is 0.584. The van der Waals surface area contributed by atoms with Gasteiger partial charge in [0.15, 0.2) is 0 Å². The Morgan fingerprint density at radius 2 is 1.92 bits per heavy atom. The molecule has 1 aliphatic carbocycles. The molecule has 8 heteroatoms. The molecule has 1 saturated carbocycles. The van der Waals surface area contributed by atoms with Crippen molar-refractivity contribution in [2.75, 3.05) is 11.9 Å². The van der Waals surface area contributed by atoms with E-state index >= 15 is 0 Å². The molecule has 0 bridgehead atoms. The Kier molecular flexibility index (Phi) is 6.47. The molecular formula is C18H25ClN4O3. The number of carbonyl (C=O) groups excluding carboxylic acids is 3. The van der Waals surface area contributed by atoms with Crippen molar-refractivity contribution in [1.29, 1.82) is 0 Å². The highest BCUT2D eigenvalue weighted by molar-refractivity contribution is 6.34. The van der Waals surface area contributed by atoms with Gasteiger partial charge in [-0.15, -0.1) is 0 Å². The SMILES string of the molecule is CCC(C)(C)NC(=O)c1ccc(NCC(=O)NC(=O)NC2CC2)cc1Cl. The summed E-state index contributed by atoms with van der Waals surface area (Å²) in [5.41, 5.74) is 0.627. The maximum absolute atomic E-state index is 12.3. The molecule has 4 amide bonds. The zero-order valence-corrected chi connectivity index (χ0v) is 16.0. The molecule has 7 nitrogen and oxygen atoms in total. The van der Waals surface area contributed by atoms with Crippen LogP contribution in [0.5, 0.6) is 0 Å². The van der Waals surface area contributed by atoms with Gasteiger partial charge in [-0.1, -0.05) is 18.5 Å². The lowest BCUT2D eigenvalue weighted by Crippen LogP contribution is -2.43. The molecular weight excluding hydrogens is 356 g/mol. The number of imide groups is 1. The van der Waals surface area contributed by atoms with Crippen molar-refractivity contribution in [1.82, 2.24) is 16.0 Å². The standard InChI is InChI=1S/C18H25ClN4O3/c1-4-18(2,3)23-16(25)13-8-7-12(9-14(13)19)20-10-15(24)22-17(26)21-11-5-6-11/h7-9,11,20H,4-6,10H2,1-3H3,(H,23,25)(H2,21,22,24,26). The number of anilines is 1. The van der Waals surface area contributed by atoms with Gasteiger partial charge in [0.05, 0.1) is 17.1 Å². The first-order valence-electron chi connectivity index (χ1n) is 8.66. The van der Waals surface area contributed by atoms with Crippen LogP contribution < -0.4 is 21.3 Å². The van der Waals surface area contributed by atoms with E-state index in [0.717, 1.165) is 19.3 Å². The van der Waals surface area contributed by atoms with Gasteiger partial charge in [0, 0.05) is 17.3 Å². The monoisotopic (exact) mass is 380 g/mol. The third-order valence-corrected chi connectivity index (χ3v) is 4.48. The summed E-state index contributed by atoms with van der Waals surface area (Å²) in [6.45, 7) is 5.78. The topological polar surface area (TPSA) is 99.3 Å². The van der Waals surface area contributed by atoms with Crippen LogP contribution in [0.3, 0.4) is 0 Å². The van der Waals surface area contributed by atoms with Gasteiger partial charge >= 0.3 is 6.03 Å². The van der Waals surface area contributed by atoms with Gasteiger partial charge in [-0.25, -0.2) is 4.79 Å². The first kappa shape index (κ1) is 20.0. The Bertz CT molecular complexity index is 702. The normalized spacial score (nSPS) is 13.7. The summed E-state index contributed by atoms with van der Waals surface area (Å²) in [4.78, 5) is 35.5. The van der Waals surface area contributed by atoms with Crippen LogP contribution in [0.4, 0.5) is 10.5 Å². The van der Waals surface area contributed by atoms with Crippen LogP contribution in [0.15, 0.2) is 18.2 Å². The van der Waals surface area contributed by atoms with Crippen LogP contribution in [0.25, 0.3) is 0 Å². The van der Waals surface area contributed by atoms with Gasteiger partial charge in [0.2, 0.25) is 5.91 Å². The van der Waals surface area contributed by atoms with Gasteiger partial charge in [-0.05, 0) is 51.3 Å². The predicted molar refractivity (Wildman–Crippen MR) is 101 cm³/mol. The van der Waals surface area contributed by atoms with Crippen molar-refractivity contribution >= 4 is 35.1 Å². The fraction of sp³-hybridized carbons (Fsp3) is 0.500. The highest BCUT2D eigenvalue weighted by Crippen LogP contribution is 2.22. The molecule has 0 atom stereocenters. The lowest BCUT2D eigenvalue weighted by atomic mass is 10.0. The molecule has 0 unspecified atom stereocenters. The molecule has 0 saturated heterocycles. The number of rotatable bonds is 7. The molecule has 4 N–H and O–H groups in total. The molecule has 1 aromatic rings. The molecule has 1 aliphatic rings. The molecule has 0 spiro atoms. The minimum Gasteiger partial charge on any atom is -0.376 e. The van der Waals surface area contributed by atoms with E-state index < -0.39 is 11.9 Å². The lowest BCUT2D eigenvalue weighted by molar-refractivity contribution is -0.118. The van der Waals surface area contributed by atoms with Crippen molar-refractivity contribution in [3.05, 3.63) is 28.8 Å². The molecule has 0 radical (unpaired) electrons. The molecule has 26 heavy (non-hydrogen) atoms. The fourth-order valence-corrected chi connectivity index (χ4v) is 2.34. The highest BCUT2D eigenvalue weighted by Gasteiger charge is 2.24. The second kappa shape index (κ2) is 8.40. The smallest absolute Gasteiger partial charge is 0.321 e. The maximum atomic E-state index is 12.3. The third-order valence-electron chi connectivity index (χ3n) is 4.17. The molecule has 0 heterocycles. The zero-order chi connectivity index (χ0) is 19.3. The average molecular weight is 381 g/mol. The first-order chi connectivity index (χ1) is 12.2. The van der Waals surface area contributed by atoms with Crippen LogP contribution in [0, 0.1) is 0 Å². The zero-order valence-electron chi connectivity index (χ0n) is 15.2. The summed E-state index contributed by atoms with van der Waals surface area (Å²) < 4.78 is 0. The number of nitrogens with one attached hydrogen (secondary N) is 4. The number of hydrogen-bond donors (Lipinski definition) is 4. The number of halogens is 1. The number of benzene rings is 1. The predicted octanol–water partition coefficient (Wildman–Crippen LogP) is 2.66. The second-order valence-electron chi connectivity index (χ2n) is 7.04. The number of amides is 4. The van der Waals surface area contributed by atoms with Gasteiger partial charge < -0.3 is 16.0 Å². The largest absolute Gasteiger partial charge is 0.376 e. The summed E-state index contributed by atoms with van der Waals surface area (Å²) in [5, 5.41) is 11.0. The average Bonchev–Trinajstić information content (AvgIpc) is 3.36. The van der Waals surface area contributed by atoms with E-state index in [1.807, 2.05) is 20.8 Å². The van der Waals surface area contributed by atoms with Crippen molar-refractivity contribution in [2.24, 2.45) is 0 Å². The van der Waals surface area contributed by atoms with Crippen LogP contribution in [-0.4, -0.2) is 36.0 Å². The Morgan fingerprint density at radius 3 is 2.50 bits per heavy atom. The van der Waals surface area contributed by atoms with E-state index in [1.54, 1.807) is 18.2 Å². The van der Waals surface area contributed by atoms with Crippen molar-refractivity contribution < 1.29 is 14.4 Å². The summed E-state index contributed by atoms with van der Waals surface area (Å²) in [6.07, 6.45) is 2.70. The minimum atomic E-state index is -0.483. The Labute approximate surface area is 158 Å². The molecule has 0 aromatic heterocycles. The summed E-state index contributed by atoms with van der Waals surface area (Å²) in [5.74, 6) is -0.700. The minimum absolute atomic E-state index is 0.0805. The molecule has 2 rings (SSSR count). The lowest BCUT2D eigenvalue weighted by Gasteiger charge is -2.24. The highest BCUT2D eigenvalue weighted by atomic mass is 35.5. The maximum Gasteiger partial charge on any atom is 0.321 e. The van der Waals surface area contributed by atoms with Crippen molar-refractivity contribution in [3.63, 3.8) is 0 Å². The molecule has 0 aliphatic heterocycles. The van der Waals surface area contributed by atoms with Gasteiger partial charge in [0.1, 0.15) is 0 Å². The first-order valence-corrected chi connectivity index (χ1v) is 9.04. The van der Waals surface area contributed by atoms with Crippen LogP contribution >= 0.6 is 11.6 Å². The van der Waals surface area contributed by atoms with E-state index in [2.05, 4.69) is 21.3 Å². The Balaban J connectivity index is 1.87. The van der Waals surface area contributed by atoms with E-state index in [0.29, 0.717) is 11.3 Å². The van der Waals surface area contributed by atoms with Crippen LogP contribution in [-0.2, 0) is 4.79 Å². The summed E-state index contributed by atoms with van der Waals surface area (Å²) in [7, 11) is 0. The van der Waals surface area contributed by atoms with Crippen molar-refractivity contribution in [3.8, 4) is 0 Å². The van der Waals surface area contributed by atoms with Crippen LogP contribution in [0.1, 0.15) is 50.4 Å². The van der Waals surface area contributed by atoms with Gasteiger partial charge in [0.25, 0.3) is 5.91 Å². The molecule has 142 valence electrons.